The van der Waals surface area contributed by atoms with E-state index < -0.39 is 40.1 Å². The number of ether oxygens (including phenoxy) is 2. The summed E-state index contributed by atoms with van der Waals surface area (Å²) in [5, 5.41) is 7.63. The minimum atomic E-state index is -4.74. The molecule has 0 amide bonds. The summed E-state index contributed by atoms with van der Waals surface area (Å²) in [6.07, 6.45) is -5.78. The van der Waals surface area contributed by atoms with Crippen LogP contribution in [-0.2, 0) is 19.0 Å². The summed E-state index contributed by atoms with van der Waals surface area (Å²) in [5.74, 6) is -0.757. The Kier molecular flexibility index (Phi) is 6.98. The molecule has 7 nitrogen and oxygen atoms in total. The molecule has 2 heterocycles. The van der Waals surface area contributed by atoms with Gasteiger partial charge in [0.05, 0.1) is 31.6 Å². The van der Waals surface area contributed by atoms with Crippen molar-refractivity contribution in [2.45, 2.75) is 37.6 Å². The average Bonchev–Trinajstić information content (AvgIpc) is 3.16. The third kappa shape index (κ3) is 5.23. The van der Waals surface area contributed by atoms with Crippen molar-refractivity contribution in [3.8, 4) is 5.75 Å². The molecule has 0 spiro atoms. The maximum atomic E-state index is 14.0. The van der Waals surface area contributed by atoms with E-state index in [9.17, 15) is 21.6 Å². The van der Waals surface area contributed by atoms with Crippen LogP contribution in [0.15, 0.2) is 46.6 Å². The molecule has 188 valence electrons. The van der Waals surface area contributed by atoms with Crippen LogP contribution in [0.5, 0.6) is 5.75 Å². The standard InChI is InChI=1S/C23H22ClF3N2O5S/c1-12-14(5-4-6-17(12)32-2)21-16-11-13(24)7-8-15(16)19-20(28-29-22(19)23(25,26)27)18(34-21)9-10-33-35(3,30)31/h4-8,11,18-19,21H,9-10H2,1-3H3/t18-,19?,21-/m1/s1. The van der Waals surface area contributed by atoms with Gasteiger partial charge in [0.1, 0.15) is 18.0 Å². The molecule has 2 aromatic carbocycles. The number of benzene rings is 2. The molecule has 35 heavy (non-hydrogen) atoms. The normalized spacial score (nSPS) is 22.1. The first-order valence-electron chi connectivity index (χ1n) is 10.6. The van der Waals surface area contributed by atoms with Crippen molar-refractivity contribution in [1.29, 1.82) is 0 Å². The lowest BCUT2D eigenvalue weighted by atomic mass is 9.83. The van der Waals surface area contributed by atoms with Gasteiger partial charge < -0.3 is 9.47 Å². The number of hydrogen-bond acceptors (Lipinski definition) is 7. The van der Waals surface area contributed by atoms with Gasteiger partial charge in [-0.1, -0.05) is 29.8 Å². The fraction of sp³-hybridized carbons (Fsp3) is 0.391. The third-order valence-electron chi connectivity index (χ3n) is 5.91. The number of fused-ring (bicyclic) bond motifs is 3. The highest BCUT2D eigenvalue weighted by Crippen LogP contribution is 2.46. The Hall–Kier alpha value is -2.47. The van der Waals surface area contributed by atoms with E-state index >= 15 is 0 Å². The predicted octanol–water partition coefficient (Wildman–Crippen LogP) is 4.97. The van der Waals surface area contributed by atoms with Crippen LogP contribution in [-0.4, -0.2) is 52.1 Å². The molecule has 12 heteroatoms. The van der Waals surface area contributed by atoms with Crippen molar-refractivity contribution < 1.29 is 35.2 Å². The summed E-state index contributed by atoms with van der Waals surface area (Å²) in [7, 11) is -2.25. The molecule has 0 radical (unpaired) electrons. The Bertz CT molecular complexity index is 1310. The Morgan fingerprint density at radius 2 is 1.86 bits per heavy atom. The van der Waals surface area contributed by atoms with Crippen LogP contribution in [0.1, 0.15) is 40.7 Å². The number of alkyl halides is 3. The molecule has 0 saturated carbocycles. The largest absolute Gasteiger partial charge is 0.496 e. The van der Waals surface area contributed by atoms with Crippen LogP contribution in [0, 0.1) is 6.92 Å². The molecule has 0 fully saturated rings. The van der Waals surface area contributed by atoms with Gasteiger partial charge in [0.2, 0.25) is 0 Å². The highest BCUT2D eigenvalue weighted by atomic mass is 35.5. The van der Waals surface area contributed by atoms with Crippen molar-refractivity contribution in [1.82, 2.24) is 0 Å². The number of methoxy groups -OCH3 is 1. The molecular weight excluding hydrogens is 509 g/mol. The topological polar surface area (TPSA) is 86.5 Å². The zero-order valence-corrected chi connectivity index (χ0v) is 20.5. The Morgan fingerprint density at radius 1 is 1.11 bits per heavy atom. The van der Waals surface area contributed by atoms with Gasteiger partial charge in [0.15, 0.2) is 5.71 Å². The van der Waals surface area contributed by atoms with Gasteiger partial charge >= 0.3 is 6.18 Å². The average molecular weight is 531 g/mol. The van der Waals surface area contributed by atoms with E-state index in [1.807, 2.05) is 6.92 Å². The Morgan fingerprint density at radius 3 is 2.51 bits per heavy atom. The fourth-order valence-corrected chi connectivity index (χ4v) is 4.97. The quantitative estimate of drug-likeness (QED) is 0.492. The molecule has 0 N–H and O–H groups in total. The van der Waals surface area contributed by atoms with Gasteiger partial charge in [-0.25, -0.2) is 0 Å². The van der Waals surface area contributed by atoms with Crippen LogP contribution >= 0.6 is 11.6 Å². The van der Waals surface area contributed by atoms with Crippen molar-refractivity contribution in [3.05, 3.63) is 63.7 Å². The summed E-state index contributed by atoms with van der Waals surface area (Å²) in [5.41, 5.74) is 1.08. The minimum absolute atomic E-state index is 0.0287. The molecule has 0 saturated heterocycles. The summed E-state index contributed by atoms with van der Waals surface area (Å²) in [6.45, 7) is 1.51. The number of halogens is 4. The van der Waals surface area contributed by atoms with Crippen LogP contribution in [0.25, 0.3) is 0 Å². The van der Waals surface area contributed by atoms with Gasteiger partial charge in [-0.2, -0.15) is 26.7 Å². The fourth-order valence-electron chi connectivity index (χ4n) is 4.39. The van der Waals surface area contributed by atoms with E-state index in [4.69, 9.17) is 25.3 Å². The number of rotatable bonds is 6. The first kappa shape index (κ1) is 25.6. The van der Waals surface area contributed by atoms with E-state index in [0.29, 0.717) is 27.5 Å². The van der Waals surface area contributed by atoms with Crippen molar-refractivity contribution in [2.24, 2.45) is 10.2 Å². The van der Waals surface area contributed by atoms with Crippen molar-refractivity contribution in [2.75, 3.05) is 20.0 Å². The number of nitrogens with zero attached hydrogens (tertiary/aromatic N) is 2. The zero-order chi connectivity index (χ0) is 25.5. The summed E-state index contributed by atoms with van der Waals surface area (Å²) < 4.78 is 81.5. The van der Waals surface area contributed by atoms with Gasteiger partial charge in [0.25, 0.3) is 10.1 Å². The molecule has 3 atom stereocenters. The first-order chi connectivity index (χ1) is 16.4. The van der Waals surface area contributed by atoms with Crippen molar-refractivity contribution >= 4 is 33.1 Å². The Balaban J connectivity index is 1.88. The molecule has 0 aliphatic carbocycles. The highest BCUT2D eigenvalue weighted by molar-refractivity contribution is 7.85. The van der Waals surface area contributed by atoms with Crippen LogP contribution in [0.3, 0.4) is 0 Å². The molecule has 1 unspecified atom stereocenters. The summed E-state index contributed by atoms with van der Waals surface area (Å²) in [4.78, 5) is 0. The van der Waals surface area contributed by atoms with E-state index in [1.54, 1.807) is 24.3 Å². The summed E-state index contributed by atoms with van der Waals surface area (Å²) >= 11 is 6.27. The maximum absolute atomic E-state index is 14.0. The summed E-state index contributed by atoms with van der Waals surface area (Å²) in [6, 6.07) is 9.90. The lowest BCUT2D eigenvalue weighted by Gasteiger charge is -2.25. The third-order valence-corrected chi connectivity index (χ3v) is 6.74. The molecular formula is C23H22ClF3N2O5S. The zero-order valence-electron chi connectivity index (χ0n) is 19.0. The molecule has 2 aromatic rings. The Labute approximate surface area is 205 Å². The van der Waals surface area contributed by atoms with E-state index in [1.165, 1.54) is 19.2 Å². The van der Waals surface area contributed by atoms with E-state index in [0.717, 1.165) is 11.8 Å². The molecule has 2 aliphatic rings. The van der Waals surface area contributed by atoms with Gasteiger partial charge in [0, 0.05) is 11.4 Å². The molecule has 2 aliphatic heterocycles. The minimum Gasteiger partial charge on any atom is -0.496 e. The second kappa shape index (κ2) is 9.53. The first-order valence-corrected chi connectivity index (χ1v) is 12.8. The lowest BCUT2D eigenvalue weighted by Crippen LogP contribution is -2.36. The van der Waals surface area contributed by atoms with E-state index in [2.05, 4.69) is 10.2 Å². The SMILES string of the molecule is COc1cccc([C@H]2O[C@H](CCOS(C)(=O)=O)C3=NN=C(C(F)(F)F)C3c3ccc(Cl)cc32)c1C. The highest BCUT2D eigenvalue weighted by Gasteiger charge is 2.50. The van der Waals surface area contributed by atoms with Crippen LogP contribution in [0.2, 0.25) is 5.02 Å². The molecule has 4 rings (SSSR count). The smallest absolute Gasteiger partial charge is 0.432 e. The van der Waals surface area contributed by atoms with Gasteiger partial charge in [-0.05, 0) is 47.4 Å². The molecule has 0 bridgehead atoms. The van der Waals surface area contributed by atoms with Gasteiger partial charge in [-0.15, -0.1) is 5.10 Å². The maximum Gasteiger partial charge on any atom is 0.432 e. The predicted molar refractivity (Wildman–Crippen MR) is 125 cm³/mol. The second-order valence-corrected chi connectivity index (χ2v) is 10.3. The van der Waals surface area contributed by atoms with Crippen molar-refractivity contribution in [3.63, 3.8) is 0 Å². The van der Waals surface area contributed by atoms with E-state index in [-0.39, 0.29) is 18.7 Å². The van der Waals surface area contributed by atoms with Crippen LogP contribution in [0.4, 0.5) is 13.2 Å². The molecule has 0 aromatic heterocycles. The van der Waals surface area contributed by atoms with Crippen LogP contribution < -0.4 is 4.74 Å². The van der Waals surface area contributed by atoms with Gasteiger partial charge in [-0.3, -0.25) is 4.18 Å². The monoisotopic (exact) mass is 530 g/mol. The number of hydrogen-bond donors (Lipinski definition) is 0. The second-order valence-electron chi connectivity index (χ2n) is 8.21. The lowest BCUT2D eigenvalue weighted by molar-refractivity contribution is -0.0604.